The summed E-state index contributed by atoms with van der Waals surface area (Å²) in [4.78, 5) is 16.1. The quantitative estimate of drug-likeness (QED) is 0.876. The first-order chi connectivity index (χ1) is 9.20. The lowest BCUT2D eigenvalue weighted by molar-refractivity contribution is 0.0950. The Morgan fingerprint density at radius 2 is 2.37 bits per heavy atom. The molecule has 0 atom stereocenters. The van der Waals surface area contributed by atoms with E-state index in [4.69, 9.17) is 11.6 Å². The van der Waals surface area contributed by atoms with E-state index in [-0.39, 0.29) is 12.5 Å². The minimum absolute atomic E-state index is 0.282. The fourth-order valence-electron chi connectivity index (χ4n) is 1.49. The molecule has 19 heavy (non-hydrogen) atoms. The van der Waals surface area contributed by atoms with Gasteiger partial charge in [0.15, 0.2) is 0 Å². The van der Waals surface area contributed by atoms with E-state index in [1.54, 1.807) is 12.1 Å². The predicted octanol–water partition coefficient (Wildman–Crippen LogP) is 2.08. The van der Waals surface area contributed by atoms with E-state index in [1.807, 2.05) is 6.92 Å². The topological polar surface area (TPSA) is 80.0 Å². The molecule has 7 heteroatoms. The molecule has 0 spiro atoms. The third kappa shape index (κ3) is 3.45. The molecule has 2 aromatic heterocycles. The molecule has 0 saturated heterocycles. The zero-order valence-electron chi connectivity index (χ0n) is 10.3. The standard InChI is InChI=1S/C12H13ClN4O2/c1-2-14-11-5-9(10(13)7-15-11)12(18)16-6-8-3-4-19-17-8/h3-5,7H,2,6H2,1H3,(H,14,15)(H,16,18). The Kier molecular flexibility index (Phi) is 4.35. The van der Waals surface area contributed by atoms with Crippen molar-refractivity contribution in [3.05, 3.63) is 40.9 Å². The molecule has 0 bridgehead atoms. The van der Waals surface area contributed by atoms with Crippen molar-refractivity contribution in [1.29, 1.82) is 0 Å². The van der Waals surface area contributed by atoms with Crippen LogP contribution in [0, 0.1) is 0 Å². The van der Waals surface area contributed by atoms with Gasteiger partial charge in [0.2, 0.25) is 0 Å². The molecule has 1 amide bonds. The number of nitrogens with one attached hydrogen (secondary N) is 2. The smallest absolute Gasteiger partial charge is 0.253 e. The third-order valence-electron chi connectivity index (χ3n) is 2.38. The molecular weight excluding hydrogens is 268 g/mol. The van der Waals surface area contributed by atoms with E-state index in [1.165, 1.54) is 12.5 Å². The lowest BCUT2D eigenvalue weighted by Crippen LogP contribution is -2.23. The third-order valence-corrected chi connectivity index (χ3v) is 2.68. The Morgan fingerprint density at radius 3 is 3.05 bits per heavy atom. The van der Waals surface area contributed by atoms with Gasteiger partial charge < -0.3 is 15.2 Å². The summed E-state index contributed by atoms with van der Waals surface area (Å²) in [6.07, 6.45) is 2.90. The van der Waals surface area contributed by atoms with Crippen molar-refractivity contribution in [2.24, 2.45) is 0 Å². The first-order valence-corrected chi connectivity index (χ1v) is 6.15. The van der Waals surface area contributed by atoms with Gasteiger partial charge >= 0.3 is 0 Å². The van der Waals surface area contributed by atoms with Crippen molar-refractivity contribution < 1.29 is 9.32 Å². The second-order valence-corrected chi connectivity index (χ2v) is 4.16. The van der Waals surface area contributed by atoms with Gasteiger partial charge in [-0.15, -0.1) is 0 Å². The Balaban J connectivity index is 2.07. The first kappa shape index (κ1) is 13.4. The molecule has 100 valence electrons. The monoisotopic (exact) mass is 280 g/mol. The van der Waals surface area contributed by atoms with Crippen molar-refractivity contribution in [3.8, 4) is 0 Å². The minimum atomic E-state index is -0.283. The largest absolute Gasteiger partial charge is 0.370 e. The van der Waals surface area contributed by atoms with Crippen LogP contribution >= 0.6 is 11.6 Å². The van der Waals surface area contributed by atoms with Crippen LogP contribution in [0.25, 0.3) is 0 Å². The number of aromatic nitrogens is 2. The molecule has 0 fully saturated rings. The lowest BCUT2D eigenvalue weighted by atomic mass is 10.2. The van der Waals surface area contributed by atoms with Crippen LogP contribution < -0.4 is 10.6 Å². The van der Waals surface area contributed by atoms with Gasteiger partial charge in [-0.05, 0) is 13.0 Å². The molecule has 2 heterocycles. The van der Waals surface area contributed by atoms with E-state index in [2.05, 4.69) is 25.3 Å². The van der Waals surface area contributed by atoms with Gasteiger partial charge in [-0.2, -0.15) is 0 Å². The van der Waals surface area contributed by atoms with E-state index in [0.29, 0.717) is 28.6 Å². The number of nitrogens with zero attached hydrogens (tertiary/aromatic N) is 2. The van der Waals surface area contributed by atoms with Crippen LogP contribution in [0.5, 0.6) is 0 Å². The SMILES string of the molecule is CCNc1cc(C(=O)NCc2ccon2)c(Cl)cn1. The maximum atomic E-state index is 12.0. The van der Waals surface area contributed by atoms with Crippen LogP contribution in [0.1, 0.15) is 23.0 Å². The molecule has 2 N–H and O–H groups in total. The van der Waals surface area contributed by atoms with Gasteiger partial charge in [0.1, 0.15) is 17.8 Å². The normalized spacial score (nSPS) is 10.2. The van der Waals surface area contributed by atoms with Crippen LogP contribution in [-0.2, 0) is 6.54 Å². The van der Waals surface area contributed by atoms with E-state index in [9.17, 15) is 4.79 Å². The highest BCUT2D eigenvalue weighted by atomic mass is 35.5. The summed E-state index contributed by atoms with van der Waals surface area (Å²) in [6, 6.07) is 3.29. The van der Waals surface area contributed by atoms with Crippen LogP contribution in [0.3, 0.4) is 0 Å². The van der Waals surface area contributed by atoms with Crippen LogP contribution in [0.2, 0.25) is 5.02 Å². The second kappa shape index (κ2) is 6.19. The number of hydrogen-bond acceptors (Lipinski definition) is 5. The van der Waals surface area contributed by atoms with Crippen LogP contribution in [0.4, 0.5) is 5.82 Å². The van der Waals surface area contributed by atoms with Gasteiger partial charge in [-0.3, -0.25) is 4.79 Å². The number of rotatable bonds is 5. The number of carbonyl (C=O) groups excluding carboxylic acids is 1. The molecule has 0 aromatic carbocycles. The van der Waals surface area contributed by atoms with Gasteiger partial charge in [-0.1, -0.05) is 16.8 Å². The molecule has 0 aliphatic carbocycles. The van der Waals surface area contributed by atoms with Gasteiger partial charge in [0.25, 0.3) is 5.91 Å². The van der Waals surface area contributed by atoms with E-state index >= 15 is 0 Å². The summed E-state index contributed by atoms with van der Waals surface area (Å²) in [5.41, 5.74) is 1.02. The maximum absolute atomic E-state index is 12.0. The molecule has 0 saturated carbocycles. The van der Waals surface area contributed by atoms with Crippen molar-refractivity contribution >= 4 is 23.3 Å². The Bertz CT molecular complexity index is 557. The zero-order valence-corrected chi connectivity index (χ0v) is 11.1. The molecule has 6 nitrogen and oxygen atoms in total. The lowest BCUT2D eigenvalue weighted by Gasteiger charge is -2.08. The van der Waals surface area contributed by atoms with Crippen molar-refractivity contribution in [3.63, 3.8) is 0 Å². The minimum Gasteiger partial charge on any atom is -0.370 e. The number of pyridine rings is 1. The van der Waals surface area contributed by atoms with Crippen molar-refractivity contribution in [2.75, 3.05) is 11.9 Å². The Labute approximate surface area is 115 Å². The van der Waals surface area contributed by atoms with Gasteiger partial charge in [0.05, 0.1) is 17.1 Å². The predicted molar refractivity (Wildman–Crippen MR) is 71.1 cm³/mol. The summed E-state index contributed by atoms with van der Waals surface area (Å²) in [5, 5.41) is 9.74. The van der Waals surface area contributed by atoms with Gasteiger partial charge in [0, 0.05) is 18.8 Å². The van der Waals surface area contributed by atoms with Gasteiger partial charge in [-0.25, -0.2) is 4.98 Å². The van der Waals surface area contributed by atoms with Crippen LogP contribution in [-0.4, -0.2) is 22.6 Å². The van der Waals surface area contributed by atoms with Crippen LogP contribution in [0.15, 0.2) is 29.1 Å². The van der Waals surface area contributed by atoms with Crippen molar-refractivity contribution in [1.82, 2.24) is 15.5 Å². The number of hydrogen-bond donors (Lipinski definition) is 2. The number of halogens is 1. The molecule has 0 radical (unpaired) electrons. The molecule has 0 aliphatic rings. The second-order valence-electron chi connectivity index (χ2n) is 3.75. The summed E-state index contributed by atoms with van der Waals surface area (Å²) < 4.78 is 4.68. The molecule has 0 aliphatic heterocycles. The maximum Gasteiger partial charge on any atom is 0.253 e. The molecular formula is C12H13ClN4O2. The molecule has 0 unspecified atom stereocenters. The van der Waals surface area contributed by atoms with Crippen molar-refractivity contribution in [2.45, 2.75) is 13.5 Å². The zero-order chi connectivity index (χ0) is 13.7. The fourth-order valence-corrected chi connectivity index (χ4v) is 1.67. The van der Waals surface area contributed by atoms with E-state index in [0.717, 1.165) is 0 Å². The highest BCUT2D eigenvalue weighted by Crippen LogP contribution is 2.18. The summed E-state index contributed by atoms with van der Waals surface area (Å²) in [6.45, 7) is 2.94. The Hall–Kier alpha value is -2.08. The fraction of sp³-hybridized carbons (Fsp3) is 0.250. The molecule has 2 rings (SSSR count). The summed E-state index contributed by atoms with van der Waals surface area (Å²) in [7, 11) is 0. The number of carbonyl (C=O) groups is 1. The average Bonchev–Trinajstić information content (AvgIpc) is 2.92. The summed E-state index contributed by atoms with van der Waals surface area (Å²) in [5.74, 6) is 0.327. The Morgan fingerprint density at radius 1 is 1.53 bits per heavy atom. The highest BCUT2D eigenvalue weighted by Gasteiger charge is 2.12. The summed E-state index contributed by atoms with van der Waals surface area (Å²) >= 11 is 5.97. The number of amides is 1. The van der Waals surface area contributed by atoms with E-state index < -0.39 is 0 Å². The number of anilines is 1. The first-order valence-electron chi connectivity index (χ1n) is 5.77. The average molecular weight is 281 g/mol. The highest BCUT2D eigenvalue weighted by molar-refractivity contribution is 6.33. The molecule has 2 aromatic rings.